The predicted molar refractivity (Wildman–Crippen MR) is 76.3 cm³/mol. The van der Waals surface area contributed by atoms with Crippen LogP contribution in [-0.4, -0.2) is 16.8 Å². The minimum atomic E-state index is -0.994. The largest absolute Gasteiger partial charge is 0.478 e. The van der Waals surface area contributed by atoms with E-state index in [2.05, 4.69) is 10.3 Å². The number of carbonyl (C=O) groups is 1. The maximum atomic E-state index is 10.9. The Morgan fingerprint density at radius 2 is 2.11 bits per heavy atom. The van der Waals surface area contributed by atoms with Crippen LogP contribution >= 0.6 is 11.3 Å². The van der Waals surface area contributed by atoms with Crippen molar-refractivity contribution >= 4 is 34.4 Å². The van der Waals surface area contributed by atoms with E-state index in [4.69, 9.17) is 5.11 Å². The molecule has 2 N–H and O–H groups in total. The molecule has 5 heteroatoms. The number of hydrogen-bond acceptors (Lipinski definition) is 4. The van der Waals surface area contributed by atoms with Crippen LogP contribution in [0.15, 0.2) is 58.5 Å². The molecule has 4 nitrogen and oxygen atoms in total. The number of nitrogens with zero attached hydrogens (tertiary/aromatic N) is 1. The highest BCUT2D eigenvalue weighted by molar-refractivity contribution is 7.12. The molecule has 0 radical (unpaired) electrons. The Morgan fingerprint density at radius 3 is 2.84 bits per heavy atom. The van der Waals surface area contributed by atoms with Crippen molar-refractivity contribution < 1.29 is 9.90 Å². The average molecular weight is 270 g/mol. The third-order valence-electron chi connectivity index (χ3n) is 2.68. The van der Waals surface area contributed by atoms with Gasteiger partial charge in [0.2, 0.25) is 0 Å². The smallest absolute Gasteiger partial charge is 0.330 e. The number of nitrogens with one attached hydrogen (secondary N) is 1. The molecular weight excluding hydrogens is 260 g/mol. The molecule has 0 aliphatic carbocycles. The number of hydrogen-bond donors (Lipinski definition) is 2. The van der Waals surface area contributed by atoms with Crippen molar-refractivity contribution in [1.29, 1.82) is 0 Å². The van der Waals surface area contributed by atoms with Gasteiger partial charge in [0.1, 0.15) is 5.71 Å². The molecular formula is C14H10N2O2S. The van der Waals surface area contributed by atoms with Gasteiger partial charge in [-0.15, -0.1) is 11.3 Å². The second-order valence-electron chi connectivity index (χ2n) is 3.98. The molecule has 0 saturated carbocycles. The first-order chi connectivity index (χ1) is 9.24. The SMILES string of the molecule is O=C(O)C=C1Nc2ccccc2N=C1c1cccs1. The van der Waals surface area contributed by atoms with Crippen LogP contribution in [0.2, 0.25) is 0 Å². The summed E-state index contributed by atoms with van der Waals surface area (Å²) in [5, 5.41) is 14.0. The van der Waals surface area contributed by atoms with Crippen LogP contribution in [0.1, 0.15) is 4.88 Å². The van der Waals surface area contributed by atoms with Crippen LogP contribution in [0.3, 0.4) is 0 Å². The number of thiophene rings is 1. The molecule has 1 aromatic heterocycles. The van der Waals surface area contributed by atoms with Crippen LogP contribution < -0.4 is 5.32 Å². The second-order valence-corrected chi connectivity index (χ2v) is 4.92. The fourth-order valence-electron chi connectivity index (χ4n) is 1.89. The highest BCUT2D eigenvalue weighted by Gasteiger charge is 2.19. The second kappa shape index (κ2) is 4.70. The van der Waals surface area contributed by atoms with E-state index in [0.29, 0.717) is 11.4 Å². The molecule has 94 valence electrons. The lowest BCUT2D eigenvalue weighted by atomic mass is 10.1. The fraction of sp³-hybridized carbons (Fsp3) is 0. The Morgan fingerprint density at radius 1 is 1.26 bits per heavy atom. The summed E-state index contributed by atoms with van der Waals surface area (Å²) in [7, 11) is 0. The van der Waals surface area contributed by atoms with Gasteiger partial charge in [0.15, 0.2) is 0 Å². The molecule has 0 unspecified atom stereocenters. The molecule has 2 heterocycles. The summed E-state index contributed by atoms with van der Waals surface area (Å²) < 4.78 is 0. The molecule has 0 atom stereocenters. The van der Waals surface area contributed by atoms with E-state index in [0.717, 1.165) is 22.3 Å². The summed E-state index contributed by atoms with van der Waals surface area (Å²) in [5.41, 5.74) is 2.80. The van der Waals surface area contributed by atoms with E-state index >= 15 is 0 Å². The number of benzene rings is 1. The molecule has 2 aromatic rings. The lowest BCUT2D eigenvalue weighted by Crippen LogP contribution is -2.17. The van der Waals surface area contributed by atoms with Gasteiger partial charge < -0.3 is 10.4 Å². The van der Waals surface area contributed by atoms with E-state index in [1.54, 1.807) is 0 Å². The molecule has 3 rings (SSSR count). The molecule has 19 heavy (non-hydrogen) atoms. The van der Waals surface area contributed by atoms with Gasteiger partial charge >= 0.3 is 5.97 Å². The van der Waals surface area contributed by atoms with Crippen molar-refractivity contribution in [2.24, 2.45) is 4.99 Å². The van der Waals surface area contributed by atoms with E-state index in [9.17, 15) is 4.79 Å². The van der Waals surface area contributed by atoms with Crippen molar-refractivity contribution in [3.63, 3.8) is 0 Å². The number of aliphatic imine (C=N–C) groups is 1. The summed E-state index contributed by atoms with van der Waals surface area (Å²) in [6.07, 6.45) is 1.15. The Hall–Kier alpha value is -2.40. The molecule has 0 bridgehead atoms. The number of para-hydroxylation sites is 2. The zero-order valence-corrected chi connectivity index (χ0v) is 10.6. The van der Waals surface area contributed by atoms with E-state index < -0.39 is 5.97 Å². The third kappa shape index (κ3) is 2.28. The van der Waals surface area contributed by atoms with Gasteiger partial charge in [0.05, 0.1) is 21.9 Å². The first kappa shape index (κ1) is 11.7. The Kier molecular flexibility index (Phi) is 2.89. The molecule has 0 amide bonds. The van der Waals surface area contributed by atoms with Crippen molar-refractivity contribution in [1.82, 2.24) is 0 Å². The number of rotatable bonds is 2. The number of carboxylic acid groups (broad SMARTS) is 1. The van der Waals surface area contributed by atoms with Crippen LogP contribution in [0, 0.1) is 0 Å². The molecule has 0 fully saturated rings. The number of allylic oxidation sites excluding steroid dienone is 1. The number of aliphatic carboxylic acids is 1. The minimum Gasteiger partial charge on any atom is -0.478 e. The first-order valence-electron chi connectivity index (χ1n) is 5.67. The fourth-order valence-corrected chi connectivity index (χ4v) is 2.62. The maximum absolute atomic E-state index is 10.9. The summed E-state index contributed by atoms with van der Waals surface area (Å²) in [4.78, 5) is 16.4. The number of anilines is 1. The van der Waals surface area contributed by atoms with Crippen molar-refractivity contribution in [2.75, 3.05) is 5.32 Å². The monoisotopic (exact) mass is 270 g/mol. The topological polar surface area (TPSA) is 61.7 Å². The van der Waals surface area contributed by atoms with Crippen LogP contribution in [0.5, 0.6) is 0 Å². The average Bonchev–Trinajstić information content (AvgIpc) is 2.91. The standard InChI is InChI=1S/C14H10N2O2S/c17-13(18)8-11-14(12-6-3-7-19-12)16-10-5-2-1-4-9(10)15-11/h1-8,15H,(H,17,18). The van der Waals surface area contributed by atoms with Gasteiger partial charge in [-0.1, -0.05) is 18.2 Å². The summed E-state index contributed by atoms with van der Waals surface area (Å²) in [6.45, 7) is 0. The summed E-state index contributed by atoms with van der Waals surface area (Å²) in [6, 6.07) is 11.4. The van der Waals surface area contributed by atoms with Gasteiger partial charge in [-0.25, -0.2) is 9.79 Å². The van der Waals surface area contributed by atoms with Crippen LogP contribution in [-0.2, 0) is 4.79 Å². The van der Waals surface area contributed by atoms with E-state index in [1.165, 1.54) is 11.3 Å². The normalized spacial score (nSPS) is 15.6. The molecule has 0 spiro atoms. The first-order valence-corrected chi connectivity index (χ1v) is 6.55. The maximum Gasteiger partial charge on any atom is 0.330 e. The van der Waals surface area contributed by atoms with Gasteiger partial charge in [0.25, 0.3) is 0 Å². The molecule has 1 aromatic carbocycles. The summed E-state index contributed by atoms with van der Waals surface area (Å²) >= 11 is 1.53. The lowest BCUT2D eigenvalue weighted by molar-refractivity contribution is -0.131. The molecule has 0 saturated heterocycles. The van der Waals surface area contributed by atoms with Gasteiger partial charge in [-0.2, -0.15) is 0 Å². The molecule has 1 aliphatic heterocycles. The van der Waals surface area contributed by atoms with Crippen molar-refractivity contribution in [3.8, 4) is 0 Å². The lowest BCUT2D eigenvalue weighted by Gasteiger charge is -2.19. The third-order valence-corrected chi connectivity index (χ3v) is 3.56. The highest BCUT2D eigenvalue weighted by Crippen LogP contribution is 2.33. The Balaban J connectivity index is 2.16. The van der Waals surface area contributed by atoms with Gasteiger partial charge in [0, 0.05) is 6.08 Å². The highest BCUT2D eigenvalue weighted by atomic mass is 32.1. The van der Waals surface area contributed by atoms with Crippen molar-refractivity contribution in [2.45, 2.75) is 0 Å². The van der Waals surface area contributed by atoms with Gasteiger partial charge in [-0.3, -0.25) is 0 Å². The number of fused-ring (bicyclic) bond motifs is 1. The Bertz CT molecular complexity index is 687. The van der Waals surface area contributed by atoms with E-state index in [-0.39, 0.29) is 0 Å². The zero-order chi connectivity index (χ0) is 13.2. The predicted octanol–water partition coefficient (Wildman–Crippen LogP) is 3.26. The Labute approximate surface area is 113 Å². The van der Waals surface area contributed by atoms with Crippen LogP contribution in [0.25, 0.3) is 0 Å². The minimum absolute atomic E-state index is 0.508. The van der Waals surface area contributed by atoms with Gasteiger partial charge in [-0.05, 0) is 23.6 Å². The summed E-state index contributed by atoms with van der Waals surface area (Å²) in [5.74, 6) is -0.994. The van der Waals surface area contributed by atoms with Crippen molar-refractivity contribution in [3.05, 3.63) is 58.4 Å². The van der Waals surface area contributed by atoms with Crippen LogP contribution in [0.4, 0.5) is 11.4 Å². The molecule has 1 aliphatic rings. The number of carboxylic acids is 1. The quantitative estimate of drug-likeness (QED) is 0.823. The van der Waals surface area contributed by atoms with E-state index in [1.807, 2.05) is 41.8 Å². The zero-order valence-electron chi connectivity index (χ0n) is 9.83.